The lowest BCUT2D eigenvalue weighted by atomic mass is 9.87. The summed E-state index contributed by atoms with van der Waals surface area (Å²) in [7, 11) is 0. The van der Waals surface area contributed by atoms with Gasteiger partial charge in [0.15, 0.2) is 0 Å². The molecule has 2 N–H and O–H groups in total. The van der Waals surface area contributed by atoms with Crippen LogP contribution in [0.2, 0.25) is 0 Å². The Labute approximate surface area is 155 Å². The Hall–Kier alpha value is -2.49. The maximum Gasteiger partial charge on any atom is 0.223 e. The lowest BCUT2D eigenvalue weighted by Crippen LogP contribution is -2.34. The summed E-state index contributed by atoms with van der Waals surface area (Å²) in [6, 6.07) is 14.1. The van der Waals surface area contributed by atoms with E-state index in [1.807, 2.05) is 23.1 Å². The van der Waals surface area contributed by atoms with Gasteiger partial charge in [-0.1, -0.05) is 49.6 Å². The van der Waals surface area contributed by atoms with Crippen molar-refractivity contribution >= 4 is 5.91 Å². The zero-order valence-corrected chi connectivity index (χ0v) is 15.1. The minimum Gasteiger partial charge on any atom is -0.508 e. The predicted molar refractivity (Wildman–Crippen MR) is 102 cm³/mol. The second kappa shape index (κ2) is 8.75. The Kier molecular flexibility index (Phi) is 6.16. The lowest BCUT2D eigenvalue weighted by Gasteiger charge is -2.27. The average molecular weight is 353 g/mol. The molecular weight excluding hydrogens is 326 g/mol. The molecule has 0 bridgehead atoms. The zero-order valence-electron chi connectivity index (χ0n) is 15.1. The number of benzene rings is 2. The van der Waals surface area contributed by atoms with Gasteiger partial charge in [-0.25, -0.2) is 0 Å². The van der Waals surface area contributed by atoms with Gasteiger partial charge in [0.2, 0.25) is 5.91 Å². The van der Waals surface area contributed by atoms with Crippen molar-refractivity contribution in [3.63, 3.8) is 0 Å². The quantitative estimate of drug-likeness (QED) is 0.856. The molecule has 1 atom stereocenters. The molecule has 1 unspecified atom stereocenters. The highest BCUT2D eigenvalue weighted by atomic mass is 16.3. The van der Waals surface area contributed by atoms with Crippen LogP contribution in [0, 0.1) is 0 Å². The maximum absolute atomic E-state index is 13.0. The fourth-order valence-corrected chi connectivity index (χ4v) is 3.73. The number of carbonyl (C=O) groups is 1. The molecule has 2 aromatic rings. The van der Waals surface area contributed by atoms with Gasteiger partial charge in [0.1, 0.15) is 11.5 Å². The normalized spacial score (nSPS) is 16.5. The first kappa shape index (κ1) is 18.3. The number of para-hydroxylation sites is 1. The molecule has 0 aromatic heterocycles. The largest absolute Gasteiger partial charge is 0.508 e. The van der Waals surface area contributed by atoms with Gasteiger partial charge >= 0.3 is 0 Å². The van der Waals surface area contributed by atoms with Crippen molar-refractivity contribution in [3.05, 3.63) is 59.7 Å². The molecule has 1 fully saturated rings. The van der Waals surface area contributed by atoms with Gasteiger partial charge in [0, 0.05) is 31.0 Å². The third kappa shape index (κ3) is 4.57. The monoisotopic (exact) mass is 353 g/mol. The summed E-state index contributed by atoms with van der Waals surface area (Å²) in [5.41, 5.74) is 1.56. The van der Waals surface area contributed by atoms with Crippen LogP contribution in [-0.2, 0) is 4.79 Å². The minimum atomic E-state index is -0.277. The van der Waals surface area contributed by atoms with E-state index in [2.05, 4.69) is 0 Å². The Morgan fingerprint density at radius 3 is 2.31 bits per heavy atom. The van der Waals surface area contributed by atoms with Crippen LogP contribution < -0.4 is 0 Å². The summed E-state index contributed by atoms with van der Waals surface area (Å²) in [6.45, 7) is 1.62. The highest BCUT2D eigenvalue weighted by Gasteiger charge is 2.24. The summed E-state index contributed by atoms with van der Waals surface area (Å²) in [4.78, 5) is 15.0. The molecule has 26 heavy (non-hydrogen) atoms. The highest BCUT2D eigenvalue weighted by molar-refractivity contribution is 5.78. The number of phenols is 2. The van der Waals surface area contributed by atoms with E-state index in [-0.39, 0.29) is 23.3 Å². The SMILES string of the molecule is O=C(CC(c1cccc(O)c1)c1ccccc1O)N1CCCCCCC1. The summed E-state index contributed by atoms with van der Waals surface area (Å²) in [5, 5.41) is 20.2. The second-order valence-corrected chi connectivity index (χ2v) is 7.06. The minimum absolute atomic E-state index is 0.114. The van der Waals surface area contributed by atoms with E-state index >= 15 is 0 Å². The summed E-state index contributed by atoms with van der Waals surface area (Å²) in [5.74, 6) is 0.188. The molecule has 3 rings (SSSR count). The van der Waals surface area contributed by atoms with Gasteiger partial charge in [-0.2, -0.15) is 0 Å². The molecule has 1 amide bonds. The van der Waals surface area contributed by atoms with Crippen LogP contribution in [0.15, 0.2) is 48.5 Å². The summed E-state index contributed by atoms with van der Waals surface area (Å²) in [6.07, 6.45) is 6.02. The number of phenolic OH excluding ortho intramolecular Hbond substituents is 2. The Balaban J connectivity index is 1.86. The third-order valence-corrected chi connectivity index (χ3v) is 5.17. The number of rotatable bonds is 4. The summed E-state index contributed by atoms with van der Waals surface area (Å²) >= 11 is 0. The first-order valence-corrected chi connectivity index (χ1v) is 9.50. The fraction of sp³-hybridized carbons (Fsp3) is 0.409. The molecule has 1 saturated heterocycles. The molecule has 0 aliphatic carbocycles. The Bertz CT molecular complexity index is 736. The van der Waals surface area contributed by atoms with Crippen LogP contribution in [0.3, 0.4) is 0 Å². The van der Waals surface area contributed by atoms with Crippen molar-refractivity contribution in [2.24, 2.45) is 0 Å². The van der Waals surface area contributed by atoms with Crippen molar-refractivity contribution in [2.75, 3.05) is 13.1 Å². The number of nitrogens with zero attached hydrogens (tertiary/aromatic N) is 1. The van der Waals surface area contributed by atoms with E-state index in [4.69, 9.17) is 0 Å². The van der Waals surface area contributed by atoms with Crippen LogP contribution in [0.25, 0.3) is 0 Å². The number of hydrogen-bond donors (Lipinski definition) is 2. The number of likely N-dealkylation sites (tertiary alicyclic amines) is 1. The molecule has 138 valence electrons. The molecule has 1 heterocycles. The van der Waals surface area contributed by atoms with Gasteiger partial charge in [0.05, 0.1) is 0 Å². The molecular formula is C22H27NO3. The van der Waals surface area contributed by atoms with Crippen molar-refractivity contribution in [3.8, 4) is 11.5 Å². The van der Waals surface area contributed by atoms with E-state index in [1.165, 1.54) is 19.3 Å². The average Bonchev–Trinajstić information content (AvgIpc) is 2.60. The van der Waals surface area contributed by atoms with Gasteiger partial charge in [-0.3, -0.25) is 4.79 Å². The van der Waals surface area contributed by atoms with Crippen LogP contribution in [0.1, 0.15) is 55.6 Å². The second-order valence-electron chi connectivity index (χ2n) is 7.06. The first-order valence-electron chi connectivity index (χ1n) is 9.50. The van der Waals surface area contributed by atoms with Crippen molar-refractivity contribution in [2.45, 2.75) is 44.4 Å². The van der Waals surface area contributed by atoms with E-state index in [1.54, 1.807) is 30.3 Å². The molecule has 1 aliphatic heterocycles. The standard InChI is InChI=1S/C22H27NO3/c24-18-10-8-9-17(15-18)20(19-11-4-5-12-21(19)25)16-22(26)23-13-6-2-1-3-7-14-23/h4-5,8-12,15,20,24-25H,1-3,6-7,13-14,16H2. The van der Waals surface area contributed by atoms with E-state index < -0.39 is 0 Å². The van der Waals surface area contributed by atoms with Crippen LogP contribution in [0.5, 0.6) is 11.5 Å². The zero-order chi connectivity index (χ0) is 18.4. The predicted octanol–water partition coefficient (Wildman–Crippen LogP) is 4.41. The highest BCUT2D eigenvalue weighted by Crippen LogP contribution is 2.35. The number of aromatic hydroxyl groups is 2. The van der Waals surface area contributed by atoms with E-state index in [9.17, 15) is 15.0 Å². The van der Waals surface area contributed by atoms with E-state index in [0.717, 1.165) is 37.1 Å². The van der Waals surface area contributed by atoms with Crippen LogP contribution in [0.4, 0.5) is 0 Å². The van der Waals surface area contributed by atoms with Crippen molar-refractivity contribution in [1.29, 1.82) is 0 Å². The summed E-state index contributed by atoms with van der Waals surface area (Å²) < 4.78 is 0. The lowest BCUT2D eigenvalue weighted by molar-refractivity contribution is -0.131. The molecule has 0 saturated carbocycles. The number of amides is 1. The molecule has 0 radical (unpaired) electrons. The Morgan fingerprint density at radius 1 is 0.923 bits per heavy atom. The van der Waals surface area contributed by atoms with Crippen molar-refractivity contribution < 1.29 is 15.0 Å². The van der Waals surface area contributed by atoms with Gasteiger partial charge < -0.3 is 15.1 Å². The van der Waals surface area contributed by atoms with Crippen molar-refractivity contribution in [1.82, 2.24) is 4.90 Å². The molecule has 4 heteroatoms. The van der Waals surface area contributed by atoms with Gasteiger partial charge in [-0.05, 0) is 36.6 Å². The van der Waals surface area contributed by atoms with Crippen LogP contribution >= 0.6 is 0 Å². The third-order valence-electron chi connectivity index (χ3n) is 5.17. The van der Waals surface area contributed by atoms with E-state index in [0.29, 0.717) is 6.42 Å². The molecule has 2 aromatic carbocycles. The van der Waals surface area contributed by atoms with Gasteiger partial charge in [0.25, 0.3) is 0 Å². The first-order chi connectivity index (χ1) is 12.6. The maximum atomic E-state index is 13.0. The number of hydrogen-bond acceptors (Lipinski definition) is 3. The van der Waals surface area contributed by atoms with Gasteiger partial charge in [-0.15, -0.1) is 0 Å². The molecule has 0 spiro atoms. The van der Waals surface area contributed by atoms with Crippen LogP contribution in [-0.4, -0.2) is 34.1 Å². The smallest absolute Gasteiger partial charge is 0.223 e. The number of carbonyl (C=O) groups excluding carboxylic acids is 1. The Morgan fingerprint density at radius 2 is 1.62 bits per heavy atom. The fourth-order valence-electron chi connectivity index (χ4n) is 3.73. The molecule has 4 nitrogen and oxygen atoms in total. The molecule has 1 aliphatic rings. The topological polar surface area (TPSA) is 60.8 Å².